The van der Waals surface area contributed by atoms with Crippen molar-refractivity contribution >= 4 is 23.4 Å². The van der Waals surface area contributed by atoms with E-state index in [0.29, 0.717) is 31.9 Å². The number of rotatable bonds is 2. The van der Waals surface area contributed by atoms with Crippen molar-refractivity contribution in [1.29, 1.82) is 0 Å². The summed E-state index contributed by atoms with van der Waals surface area (Å²) in [4.78, 5) is 32.1. The van der Waals surface area contributed by atoms with Crippen molar-refractivity contribution in [1.82, 2.24) is 14.8 Å². The molecular formula is C17H15ClFN3O2. The minimum absolute atomic E-state index is 0.0898. The molecule has 2 aromatic rings. The van der Waals surface area contributed by atoms with Gasteiger partial charge in [-0.05, 0) is 30.3 Å². The van der Waals surface area contributed by atoms with Crippen LogP contribution in [0.2, 0.25) is 5.02 Å². The first-order valence-electron chi connectivity index (χ1n) is 7.51. The smallest absolute Gasteiger partial charge is 0.272 e. The summed E-state index contributed by atoms with van der Waals surface area (Å²) in [6, 6.07) is 8.88. The van der Waals surface area contributed by atoms with Gasteiger partial charge >= 0.3 is 0 Å². The van der Waals surface area contributed by atoms with Crippen LogP contribution in [0.5, 0.6) is 0 Å². The zero-order chi connectivity index (χ0) is 17.1. The Labute approximate surface area is 143 Å². The number of nitrogens with zero attached hydrogens (tertiary/aromatic N) is 3. The summed E-state index contributed by atoms with van der Waals surface area (Å²) < 4.78 is 13.1. The molecule has 1 aliphatic rings. The number of amides is 2. The Morgan fingerprint density at radius 2 is 1.67 bits per heavy atom. The zero-order valence-corrected chi connectivity index (χ0v) is 13.5. The van der Waals surface area contributed by atoms with Crippen molar-refractivity contribution in [3.8, 4) is 0 Å². The first-order valence-corrected chi connectivity index (χ1v) is 7.88. The molecule has 2 amide bonds. The molecular weight excluding hydrogens is 333 g/mol. The normalized spacial score (nSPS) is 14.6. The molecule has 0 N–H and O–H groups in total. The molecule has 3 rings (SSSR count). The number of aromatic nitrogens is 1. The van der Waals surface area contributed by atoms with Crippen LogP contribution in [0.25, 0.3) is 0 Å². The van der Waals surface area contributed by atoms with E-state index in [4.69, 9.17) is 11.6 Å². The average molecular weight is 348 g/mol. The Kier molecular flexibility index (Phi) is 4.76. The molecule has 2 heterocycles. The summed E-state index contributed by atoms with van der Waals surface area (Å²) in [5.41, 5.74) is 0.654. The Bertz CT molecular complexity index is 762. The summed E-state index contributed by atoms with van der Waals surface area (Å²) in [6.45, 7) is 1.62. The molecule has 0 aliphatic carbocycles. The van der Waals surface area contributed by atoms with Crippen LogP contribution in [0, 0.1) is 5.82 Å². The van der Waals surface area contributed by atoms with Crippen LogP contribution in [0.15, 0.2) is 42.6 Å². The fourth-order valence-corrected chi connectivity index (χ4v) is 2.85. The fourth-order valence-electron chi connectivity index (χ4n) is 2.60. The van der Waals surface area contributed by atoms with Gasteiger partial charge in [-0.1, -0.05) is 17.7 Å². The molecule has 0 atom stereocenters. The molecule has 1 aromatic carbocycles. The maximum atomic E-state index is 13.1. The monoisotopic (exact) mass is 347 g/mol. The second-order valence-corrected chi connectivity index (χ2v) is 5.83. The third-order valence-corrected chi connectivity index (χ3v) is 4.21. The lowest BCUT2D eigenvalue weighted by Crippen LogP contribution is -2.50. The number of carbonyl (C=O) groups excluding carboxylic acids is 2. The summed E-state index contributed by atoms with van der Waals surface area (Å²) in [5, 5.41) is 0.0898. The third-order valence-electron chi connectivity index (χ3n) is 3.90. The van der Waals surface area contributed by atoms with Gasteiger partial charge in [0.15, 0.2) is 0 Å². The minimum atomic E-state index is -0.484. The van der Waals surface area contributed by atoms with Crippen LogP contribution in [-0.2, 0) is 0 Å². The number of hydrogen-bond acceptors (Lipinski definition) is 3. The van der Waals surface area contributed by atoms with Gasteiger partial charge in [-0.3, -0.25) is 14.6 Å². The average Bonchev–Trinajstić information content (AvgIpc) is 2.61. The number of carbonyl (C=O) groups is 2. The van der Waals surface area contributed by atoms with Crippen molar-refractivity contribution in [2.75, 3.05) is 26.2 Å². The molecule has 0 unspecified atom stereocenters. The molecule has 24 heavy (non-hydrogen) atoms. The van der Waals surface area contributed by atoms with Gasteiger partial charge < -0.3 is 9.80 Å². The van der Waals surface area contributed by atoms with Gasteiger partial charge in [0.1, 0.15) is 11.5 Å². The van der Waals surface area contributed by atoms with Gasteiger partial charge in [-0.2, -0.15) is 0 Å². The van der Waals surface area contributed by atoms with Gasteiger partial charge in [-0.25, -0.2) is 4.39 Å². The molecule has 1 saturated heterocycles. The lowest BCUT2D eigenvalue weighted by Gasteiger charge is -2.34. The number of piperazine rings is 1. The number of halogens is 2. The zero-order valence-electron chi connectivity index (χ0n) is 12.8. The van der Waals surface area contributed by atoms with Crippen LogP contribution >= 0.6 is 11.6 Å². The quantitative estimate of drug-likeness (QED) is 0.838. The summed E-state index contributed by atoms with van der Waals surface area (Å²) >= 11 is 5.94. The first-order chi connectivity index (χ1) is 11.6. The van der Waals surface area contributed by atoms with Crippen LogP contribution in [0.3, 0.4) is 0 Å². The van der Waals surface area contributed by atoms with Crippen molar-refractivity contribution in [2.45, 2.75) is 0 Å². The largest absolute Gasteiger partial charge is 0.335 e. The molecule has 0 saturated carbocycles. The van der Waals surface area contributed by atoms with Crippen LogP contribution in [0.1, 0.15) is 20.8 Å². The molecule has 124 valence electrons. The lowest BCUT2D eigenvalue weighted by molar-refractivity contribution is 0.0532. The van der Waals surface area contributed by atoms with Crippen LogP contribution < -0.4 is 0 Å². The maximum Gasteiger partial charge on any atom is 0.272 e. The standard InChI is InChI=1S/C17H15ClFN3O2/c18-14-11-12(19)4-5-13(14)16(23)21-7-9-22(10-8-21)17(24)15-3-1-2-6-20-15/h1-6,11H,7-10H2. The summed E-state index contributed by atoms with van der Waals surface area (Å²) in [6.07, 6.45) is 1.57. The molecule has 0 radical (unpaired) electrons. The molecule has 0 bridgehead atoms. The summed E-state index contributed by atoms with van der Waals surface area (Å²) in [5.74, 6) is -0.894. The van der Waals surface area contributed by atoms with E-state index in [2.05, 4.69) is 4.98 Å². The van der Waals surface area contributed by atoms with E-state index in [1.807, 2.05) is 0 Å². The van der Waals surface area contributed by atoms with E-state index in [9.17, 15) is 14.0 Å². The molecule has 5 nitrogen and oxygen atoms in total. The van der Waals surface area contributed by atoms with Gasteiger partial charge in [0.05, 0.1) is 10.6 Å². The Morgan fingerprint density at radius 3 is 2.25 bits per heavy atom. The SMILES string of the molecule is O=C(c1ccccn1)N1CCN(C(=O)c2ccc(F)cc2Cl)CC1. The highest BCUT2D eigenvalue weighted by Gasteiger charge is 2.26. The van der Waals surface area contributed by atoms with Crippen molar-refractivity contribution in [3.63, 3.8) is 0 Å². The molecule has 7 heteroatoms. The van der Waals surface area contributed by atoms with E-state index in [-0.39, 0.29) is 22.4 Å². The molecule has 1 aliphatic heterocycles. The maximum absolute atomic E-state index is 13.1. The van der Waals surface area contributed by atoms with E-state index in [1.54, 1.807) is 34.2 Å². The first kappa shape index (κ1) is 16.4. The number of pyridine rings is 1. The number of benzene rings is 1. The lowest BCUT2D eigenvalue weighted by atomic mass is 10.1. The predicted octanol–water partition coefficient (Wildman–Crippen LogP) is 2.47. The second kappa shape index (κ2) is 6.97. The second-order valence-electron chi connectivity index (χ2n) is 5.42. The number of hydrogen-bond donors (Lipinski definition) is 0. The van der Waals surface area contributed by atoms with Crippen molar-refractivity contribution in [3.05, 3.63) is 64.7 Å². The molecule has 1 fully saturated rings. The van der Waals surface area contributed by atoms with Gasteiger partial charge in [0.2, 0.25) is 0 Å². The fraction of sp³-hybridized carbons (Fsp3) is 0.235. The van der Waals surface area contributed by atoms with Gasteiger partial charge in [-0.15, -0.1) is 0 Å². The van der Waals surface area contributed by atoms with E-state index >= 15 is 0 Å². The highest BCUT2D eigenvalue weighted by molar-refractivity contribution is 6.33. The highest BCUT2D eigenvalue weighted by Crippen LogP contribution is 2.20. The van der Waals surface area contributed by atoms with Crippen molar-refractivity contribution in [2.24, 2.45) is 0 Å². The van der Waals surface area contributed by atoms with Crippen LogP contribution in [0.4, 0.5) is 4.39 Å². The molecule has 1 aromatic heterocycles. The minimum Gasteiger partial charge on any atom is -0.335 e. The highest BCUT2D eigenvalue weighted by atomic mass is 35.5. The molecule has 0 spiro atoms. The van der Waals surface area contributed by atoms with Gasteiger partial charge in [0, 0.05) is 32.4 Å². The van der Waals surface area contributed by atoms with E-state index < -0.39 is 5.82 Å². The topological polar surface area (TPSA) is 53.5 Å². The Morgan fingerprint density at radius 1 is 1.00 bits per heavy atom. The third kappa shape index (κ3) is 3.38. The summed E-state index contributed by atoms with van der Waals surface area (Å²) in [7, 11) is 0. The van der Waals surface area contributed by atoms with Crippen molar-refractivity contribution < 1.29 is 14.0 Å². The predicted molar refractivity (Wildman–Crippen MR) is 87.5 cm³/mol. The van der Waals surface area contributed by atoms with E-state index in [0.717, 1.165) is 6.07 Å². The Hall–Kier alpha value is -2.47. The van der Waals surface area contributed by atoms with Crippen LogP contribution in [-0.4, -0.2) is 52.8 Å². The van der Waals surface area contributed by atoms with Gasteiger partial charge in [0.25, 0.3) is 11.8 Å². The van der Waals surface area contributed by atoms with E-state index in [1.165, 1.54) is 12.1 Å². The Balaban J connectivity index is 1.64.